The largest absolute Gasteiger partial charge is 0.468 e. The number of methoxy groups -OCH3 is 1. The minimum absolute atomic E-state index is 0. The van der Waals surface area contributed by atoms with Crippen LogP contribution in [0.4, 0.5) is 5.69 Å². The van der Waals surface area contributed by atoms with E-state index in [1.54, 1.807) is 24.3 Å². The maximum absolute atomic E-state index is 13.1. The van der Waals surface area contributed by atoms with Gasteiger partial charge in [-0.1, -0.05) is 18.2 Å². The molecular formula is C21H25ClN2O5. The van der Waals surface area contributed by atoms with Crippen LogP contribution in [0.5, 0.6) is 5.75 Å². The van der Waals surface area contributed by atoms with E-state index in [0.29, 0.717) is 17.7 Å². The van der Waals surface area contributed by atoms with Crippen molar-refractivity contribution in [2.24, 2.45) is 11.7 Å². The second-order valence-electron chi connectivity index (χ2n) is 6.35. The first-order valence-corrected chi connectivity index (χ1v) is 8.83. The first-order chi connectivity index (χ1) is 13.3. The van der Waals surface area contributed by atoms with Crippen molar-refractivity contribution in [3.05, 3.63) is 59.2 Å². The van der Waals surface area contributed by atoms with Gasteiger partial charge in [-0.05, 0) is 48.2 Å². The first-order valence-electron chi connectivity index (χ1n) is 8.83. The molecule has 0 aliphatic heterocycles. The summed E-state index contributed by atoms with van der Waals surface area (Å²) in [5.41, 5.74) is 13.7. The van der Waals surface area contributed by atoms with Gasteiger partial charge < -0.3 is 20.9 Å². The molecule has 29 heavy (non-hydrogen) atoms. The molecule has 0 aliphatic carbocycles. The van der Waals surface area contributed by atoms with Gasteiger partial charge in [-0.15, -0.1) is 12.4 Å². The van der Waals surface area contributed by atoms with Crippen LogP contribution in [0.2, 0.25) is 0 Å². The molecule has 0 amide bonds. The summed E-state index contributed by atoms with van der Waals surface area (Å²) in [6.07, 6.45) is 0.715. The lowest BCUT2D eigenvalue weighted by molar-refractivity contribution is -0.143. The standard InChI is InChI=1S/C21H24N2O5.ClH/c1-13(24)28-19-10-6-15(12-22)11-18(19)20(25)17(21(26)27-2)9-5-14-3-7-16(23)8-4-14;/h3-4,6-8,10-11,17H,5,9,12,22-23H2,1-2H3;1H. The SMILES string of the molecule is COC(=O)C(CCc1ccc(N)cc1)C(=O)c1cc(CN)ccc1OC(C)=O.Cl. The summed E-state index contributed by atoms with van der Waals surface area (Å²) in [4.78, 5) is 36.8. The summed E-state index contributed by atoms with van der Waals surface area (Å²) in [6.45, 7) is 1.44. The lowest BCUT2D eigenvalue weighted by atomic mass is 9.90. The highest BCUT2D eigenvalue weighted by Crippen LogP contribution is 2.26. The highest BCUT2D eigenvalue weighted by Gasteiger charge is 2.30. The molecule has 0 radical (unpaired) electrons. The Labute approximate surface area is 175 Å². The fraction of sp³-hybridized carbons (Fsp3) is 0.286. The van der Waals surface area contributed by atoms with Gasteiger partial charge in [0.15, 0.2) is 5.78 Å². The number of nitrogens with two attached hydrogens (primary N) is 2. The van der Waals surface area contributed by atoms with Crippen LogP contribution in [-0.2, 0) is 27.3 Å². The summed E-state index contributed by atoms with van der Waals surface area (Å²) in [5.74, 6) is -2.63. The minimum Gasteiger partial charge on any atom is -0.468 e. The Hall–Kier alpha value is -2.90. The van der Waals surface area contributed by atoms with Gasteiger partial charge in [-0.25, -0.2) is 0 Å². The van der Waals surface area contributed by atoms with E-state index in [2.05, 4.69) is 0 Å². The van der Waals surface area contributed by atoms with E-state index in [0.717, 1.165) is 5.56 Å². The molecule has 156 valence electrons. The number of hydrogen-bond donors (Lipinski definition) is 2. The molecule has 2 aromatic carbocycles. The Balaban J connectivity index is 0.00000420. The van der Waals surface area contributed by atoms with Crippen LogP contribution >= 0.6 is 12.4 Å². The normalized spacial score (nSPS) is 11.1. The van der Waals surface area contributed by atoms with Crippen molar-refractivity contribution in [3.8, 4) is 5.75 Å². The van der Waals surface area contributed by atoms with E-state index < -0.39 is 23.6 Å². The van der Waals surface area contributed by atoms with Crippen molar-refractivity contribution in [2.45, 2.75) is 26.3 Å². The van der Waals surface area contributed by atoms with Gasteiger partial charge in [0.1, 0.15) is 11.7 Å². The van der Waals surface area contributed by atoms with Gasteiger partial charge in [0.2, 0.25) is 0 Å². The number of rotatable bonds is 8. The number of esters is 2. The second kappa shape index (κ2) is 11.2. The van der Waals surface area contributed by atoms with Crippen LogP contribution in [-0.4, -0.2) is 24.8 Å². The molecule has 4 N–H and O–H groups in total. The van der Waals surface area contributed by atoms with E-state index in [-0.39, 0.29) is 36.7 Å². The monoisotopic (exact) mass is 420 g/mol. The number of aryl methyl sites for hydroxylation is 1. The van der Waals surface area contributed by atoms with E-state index in [1.165, 1.54) is 20.1 Å². The van der Waals surface area contributed by atoms with Crippen molar-refractivity contribution in [1.82, 2.24) is 0 Å². The molecular weight excluding hydrogens is 396 g/mol. The maximum atomic E-state index is 13.1. The number of carbonyl (C=O) groups is 3. The molecule has 0 aliphatic rings. The molecule has 1 atom stereocenters. The van der Waals surface area contributed by atoms with E-state index >= 15 is 0 Å². The van der Waals surface area contributed by atoms with Gasteiger partial charge in [0, 0.05) is 19.2 Å². The number of halogens is 1. The predicted octanol–water partition coefficient (Wildman–Crippen LogP) is 2.68. The number of nitrogen functional groups attached to an aromatic ring is 1. The van der Waals surface area contributed by atoms with Crippen LogP contribution in [0, 0.1) is 5.92 Å². The molecule has 0 saturated heterocycles. The highest BCUT2D eigenvalue weighted by atomic mass is 35.5. The molecule has 0 heterocycles. The Morgan fingerprint density at radius 3 is 2.21 bits per heavy atom. The second-order valence-corrected chi connectivity index (χ2v) is 6.35. The van der Waals surface area contributed by atoms with E-state index in [9.17, 15) is 14.4 Å². The number of ether oxygens (including phenoxy) is 2. The molecule has 0 fully saturated rings. The van der Waals surface area contributed by atoms with Crippen molar-refractivity contribution in [2.75, 3.05) is 12.8 Å². The fourth-order valence-electron chi connectivity index (χ4n) is 2.82. The molecule has 2 aromatic rings. The Morgan fingerprint density at radius 1 is 1.03 bits per heavy atom. The first kappa shape index (κ1) is 24.1. The van der Waals surface area contributed by atoms with Crippen molar-refractivity contribution in [1.29, 1.82) is 0 Å². The maximum Gasteiger partial charge on any atom is 0.316 e. The quantitative estimate of drug-likeness (QED) is 0.221. The minimum atomic E-state index is -1.04. The van der Waals surface area contributed by atoms with Crippen molar-refractivity contribution >= 4 is 35.8 Å². The fourth-order valence-corrected chi connectivity index (χ4v) is 2.82. The van der Waals surface area contributed by atoms with Crippen LogP contribution in [0.25, 0.3) is 0 Å². The third-order valence-electron chi connectivity index (χ3n) is 4.30. The zero-order chi connectivity index (χ0) is 20.7. The van der Waals surface area contributed by atoms with Gasteiger partial charge in [0.25, 0.3) is 0 Å². The van der Waals surface area contributed by atoms with Crippen molar-refractivity contribution < 1.29 is 23.9 Å². The summed E-state index contributed by atoms with van der Waals surface area (Å²) >= 11 is 0. The highest BCUT2D eigenvalue weighted by molar-refractivity contribution is 6.10. The van der Waals surface area contributed by atoms with Crippen LogP contribution < -0.4 is 16.2 Å². The number of anilines is 1. The number of benzene rings is 2. The summed E-state index contributed by atoms with van der Waals surface area (Å²) in [7, 11) is 1.23. The smallest absolute Gasteiger partial charge is 0.316 e. The topological polar surface area (TPSA) is 122 Å². The zero-order valence-electron chi connectivity index (χ0n) is 16.3. The van der Waals surface area contributed by atoms with Gasteiger partial charge in [-0.2, -0.15) is 0 Å². The lowest BCUT2D eigenvalue weighted by Gasteiger charge is -2.16. The van der Waals surface area contributed by atoms with Gasteiger partial charge in [0.05, 0.1) is 12.7 Å². The number of carbonyl (C=O) groups excluding carboxylic acids is 3. The summed E-state index contributed by atoms with van der Waals surface area (Å²) in [5, 5.41) is 0. The van der Waals surface area contributed by atoms with Gasteiger partial charge in [-0.3, -0.25) is 14.4 Å². The molecule has 0 aromatic heterocycles. The Bertz CT molecular complexity index is 868. The van der Waals surface area contributed by atoms with Crippen LogP contribution in [0.3, 0.4) is 0 Å². The number of Topliss-reactive ketones (excluding diaryl/α,β-unsaturated/α-hetero) is 1. The third-order valence-corrected chi connectivity index (χ3v) is 4.30. The van der Waals surface area contributed by atoms with Crippen molar-refractivity contribution in [3.63, 3.8) is 0 Å². The lowest BCUT2D eigenvalue weighted by Crippen LogP contribution is -2.27. The molecule has 0 spiro atoms. The molecule has 2 rings (SSSR count). The molecule has 8 heteroatoms. The van der Waals surface area contributed by atoms with Crippen LogP contribution in [0.15, 0.2) is 42.5 Å². The molecule has 1 unspecified atom stereocenters. The van der Waals surface area contributed by atoms with E-state index in [4.69, 9.17) is 20.9 Å². The third kappa shape index (κ3) is 6.58. The van der Waals surface area contributed by atoms with Gasteiger partial charge >= 0.3 is 11.9 Å². The number of ketones is 1. The molecule has 0 saturated carbocycles. The summed E-state index contributed by atoms with van der Waals surface area (Å²) < 4.78 is 9.97. The predicted molar refractivity (Wildman–Crippen MR) is 112 cm³/mol. The average Bonchev–Trinajstić information content (AvgIpc) is 2.68. The van der Waals surface area contributed by atoms with Crippen LogP contribution in [0.1, 0.15) is 34.8 Å². The van der Waals surface area contributed by atoms with E-state index in [1.807, 2.05) is 12.1 Å². The zero-order valence-corrected chi connectivity index (χ0v) is 17.2. The Kier molecular flexibility index (Phi) is 9.31. The molecule has 7 nitrogen and oxygen atoms in total. The number of hydrogen-bond acceptors (Lipinski definition) is 7. The summed E-state index contributed by atoms with van der Waals surface area (Å²) in [6, 6.07) is 11.9. The average molecular weight is 421 g/mol. The Morgan fingerprint density at radius 2 is 1.66 bits per heavy atom. The molecule has 0 bridgehead atoms.